The van der Waals surface area contributed by atoms with Crippen LogP contribution in [0, 0.1) is 0 Å². The molecule has 1 N–H and O–H groups in total. The number of benzene rings is 2. The van der Waals surface area contributed by atoms with Crippen LogP contribution in [-0.4, -0.2) is 54.5 Å². The Morgan fingerprint density at radius 2 is 1.73 bits per heavy atom. The summed E-state index contributed by atoms with van der Waals surface area (Å²) < 4.78 is 0. The molecular weight excluding hydrogens is 322 g/mol. The van der Waals surface area contributed by atoms with E-state index in [9.17, 15) is 4.79 Å². The fraction of sp³-hybridized carbons (Fsp3) is 0.409. The van der Waals surface area contributed by atoms with Gasteiger partial charge in [0.1, 0.15) is 0 Å². The fourth-order valence-corrected chi connectivity index (χ4v) is 3.40. The normalized spacial score (nSPS) is 17.8. The van der Waals surface area contributed by atoms with E-state index in [1.807, 2.05) is 29.2 Å². The number of carbonyl (C=O) groups is 1. The van der Waals surface area contributed by atoms with E-state index in [0.717, 1.165) is 32.6 Å². The fourth-order valence-electron chi connectivity index (χ4n) is 3.40. The predicted octanol–water partition coefficient (Wildman–Crippen LogP) is 2.55. The molecule has 2 aromatic rings. The summed E-state index contributed by atoms with van der Waals surface area (Å²) in [7, 11) is 0. The van der Waals surface area contributed by atoms with Crippen LogP contribution in [0.5, 0.6) is 0 Å². The van der Waals surface area contributed by atoms with Crippen molar-refractivity contribution in [3.05, 3.63) is 71.8 Å². The molecule has 1 saturated heterocycles. The topological polar surface area (TPSA) is 35.6 Å². The van der Waals surface area contributed by atoms with Crippen LogP contribution >= 0.6 is 0 Å². The van der Waals surface area contributed by atoms with E-state index in [0.29, 0.717) is 19.1 Å². The molecule has 1 heterocycles. The van der Waals surface area contributed by atoms with Crippen LogP contribution in [0.2, 0.25) is 0 Å². The summed E-state index contributed by atoms with van der Waals surface area (Å²) in [6.07, 6.45) is 0.885. The number of nitrogens with one attached hydrogen (secondary N) is 1. The first-order valence-electron chi connectivity index (χ1n) is 9.53. The van der Waals surface area contributed by atoms with E-state index < -0.39 is 0 Å². The quantitative estimate of drug-likeness (QED) is 0.833. The zero-order valence-electron chi connectivity index (χ0n) is 15.6. The van der Waals surface area contributed by atoms with Gasteiger partial charge in [0.2, 0.25) is 5.91 Å². The average Bonchev–Trinajstić information content (AvgIpc) is 2.68. The Kier molecular flexibility index (Phi) is 6.81. The standard InChI is InChI=1S/C22H29N3O/c1-19-16-23-13-15-24(19)18-22(26)25(17-21-10-6-3-7-11-21)14-12-20-8-4-2-5-9-20/h2-11,19,23H,12-18H2,1H3/t19-/m1/s1. The number of hydrogen-bond donors (Lipinski definition) is 1. The van der Waals surface area contributed by atoms with Gasteiger partial charge >= 0.3 is 0 Å². The van der Waals surface area contributed by atoms with Gasteiger partial charge in [-0.25, -0.2) is 0 Å². The van der Waals surface area contributed by atoms with Crippen LogP contribution in [-0.2, 0) is 17.8 Å². The minimum absolute atomic E-state index is 0.221. The lowest BCUT2D eigenvalue weighted by Crippen LogP contribution is -2.53. The summed E-state index contributed by atoms with van der Waals surface area (Å²) in [5.41, 5.74) is 2.45. The first-order valence-corrected chi connectivity index (χ1v) is 9.53. The van der Waals surface area contributed by atoms with Crippen molar-refractivity contribution in [2.75, 3.05) is 32.7 Å². The van der Waals surface area contributed by atoms with Crippen molar-refractivity contribution in [3.8, 4) is 0 Å². The van der Waals surface area contributed by atoms with Gasteiger partial charge in [0.05, 0.1) is 6.54 Å². The van der Waals surface area contributed by atoms with Crippen molar-refractivity contribution >= 4 is 5.91 Å². The van der Waals surface area contributed by atoms with Crippen LogP contribution in [0.3, 0.4) is 0 Å². The minimum Gasteiger partial charge on any atom is -0.337 e. The first-order chi connectivity index (χ1) is 12.7. The smallest absolute Gasteiger partial charge is 0.237 e. The predicted molar refractivity (Wildman–Crippen MR) is 106 cm³/mol. The third kappa shape index (κ3) is 5.41. The maximum Gasteiger partial charge on any atom is 0.237 e. The molecule has 26 heavy (non-hydrogen) atoms. The van der Waals surface area contributed by atoms with E-state index in [1.165, 1.54) is 11.1 Å². The Labute approximate surface area is 156 Å². The second-order valence-electron chi connectivity index (χ2n) is 7.06. The van der Waals surface area contributed by atoms with E-state index in [1.54, 1.807) is 0 Å². The van der Waals surface area contributed by atoms with Crippen LogP contribution in [0.4, 0.5) is 0 Å². The second-order valence-corrected chi connectivity index (χ2v) is 7.06. The number of carbonyl (C=O) groups excluding carboxylic acids is 1. The highest BCUT2D eigenvalue weighted by molar-refractivity contribution is 5.78. The number of amides is 1. The summed E-state index contributed by atoms with van der Waals surface area (Å²) in [6.45, 7) is 6.96. The van der Waals surface area contributed by atoms with Crippen molar-refractivity contribution in [3.63, 3.8) is 0 Å². The minimum atomic E-state index is 0.221. The van der Waals surface area contributed by atoms with Gasteiger partial charge in [0.15, 0.2) is 0 Å². The van der Waals surface area contributed by atoms with Crippen LogP contribution in [0.25, 0.3) is 0 Å². The highest BCUT2D eigenvalue weighted by Gasteiger charge is 2.23. The Bertz CT molecular complexity index is 674. The molecule has 1 amide bonds. The molecule has 0 bridgehead atoms. The maximum atomic E-state index is 13.0. The molecular formula is C22H29N3O. The Morgan fingerprint density at radius 1 is 1.08 bits per heavy atom. The molecule has 138 valence electrons. The van der Waals surface area contributed by atoms with Crippen LogP contribution < -0.4 is 5.32 Å². The van der Waals surface area contributed by atoms with Gasteiger partial charge in [-0.15, -0.1) is 0 Å². The van der Waals surface area contributed by atoms with Crippen molar-refractivity contribution in [2.24, 2.45) is 0 Å². The molecule has 4 nitrogen and oxygen atoms in total. The SMILES string of the molecule is C[C@@H]1CNCCN1CC(=O)N(CCc1ccccc1)Cc1ccccc1. The Balaban J connectivity index is 1.65. The highest BCUT2D eigenvalue weighted by Crippen LogP contribution is 2.10. The molecule has 1 atom stereocenters. The largest absolute Gasteiger partial charge is 0.337 e. The molecule has 0 unspecified atom stereocenters. The first kappa shape index (κ1) is 18.6. The van der Waals surface area contributed by atoms with Gasteiger partial charge in [-0.3, -0.25) is 9.69 Å². The molecule has 2 aromatic carbocycles. The molecule has 0 spiro atoms. The van der Waals surface area contributed by atoms with Crippen molar-refractivity contribution in [1.82, 2.24) is 15.1 Å². The molecule has 1 aliphatic heterocycles. The molecule has 0 radical (unpaired) electrons. The van der Waals surface area contributed by atoms with Gasteiger partial charge in [-0.05, 0) is 24.5 Å². The second kappa shape index (κ2) is 9.51. The van der Waals surface area contributed by atoms with Crippen molar-refractivity contribution in [2.45, 2.75) is 25.9 Å². The van der Waals surface area contributed by atoms with Crippen molar-refractivity contribution < 1.29 is 4.79 Å². The molecule has 3 rings (SSSR count). The molecule has 0 saturated carbocycles. The third-order valence-electron chi connectivity index (χ3n) is 5.06. The zero-order valence-corrected chi connectivity index (χ0v) is 15.6. The average molecular weight is 351 g/mol. The number of nitrogens with zero attached hydrogens (tertiary/aromatic N) is 2. The summed E-state index contributed by atoms with van der Waals surface area (Å²) in [4.78, 5) is 17.3. The van der Waals surface area contributed by atoms with Crippen LogP contribution in [0.15, 0.2) is 60.7 Å². The third-order valence-corrected chi connectivity index (χ3v) is 5.06. The lowest BCUT2D eigenvalue weighted by atomic mass is 10.1. The van der Waals surface area contributed by atoms with E-state index >= 15 is 0 Å². The molecule has 1 aliphatic rings. The van der Waals surface area contributed by atoms with Gasteiger partial charge in [-0.2, -0.15) is 0 Å². The lowest BCUT2D eigenvalue weighted by molar-refractivity contribution is -0.133. The van der Waals surface area contributed by atoms with E-state index in [2.05, 4.69) is 53.5 Å². The van der Waals surface area contributed by atoms with Gasteiger partial charge < -0.3 is 10.2 Å². The van der Waals surface area contributed by atoms with Gasteiger partial charge in [-0.1, -0.05) is 60.7 Å². The summed E-state index contributed by atoms with van der Waals surface area (Å²) in [6, 6.07) is 21.1. The zero-order chi connectivity index (χ0) is 18.2. The summed E-state index contributed by atoms with van der Waals surface area (Å²) in [5, 5.41) is 3.39. The van der Waals surface area contributed by atoms with Crippen LogP contribution in [0.1, 0.15) is 18.1 Å². The molecule has 0 aliphatic carbocycles. The maximum absolute atomic E-state index is 13.0. The Hall–Kier alpha value is -2.17. The monoisotopic (exact) mass is 351 g/mol. The highest BCUT2D eigenvalue weighted by atomic mass is 16.2. The van der Waals surface area contributed by atoms with E-state index in [4.69, 9.17) is 0 Å². The molecule has 0 aromatic heterocycles. The number of rotatable bonds is 7. The Morgan fingerprint density at radius 3 is 2.38 bits per heavy atom. The van der Waals surface area contributed by atoms with Gasteiger partial charge in [0, 0.05) is 38.8 Å². The van der Waals surface area contributed by atoms with Gasteiger partial charge in [0.25, 0.3) is 0 Å². The number of hydrogen-bond acceptors (Lipinski definition) is 3. The number of piperazine rings is 1. The van der Waals surface area contributed by atoms with E-state index in [-0.39, 0.29) is 5.91 Å². The molecule has 4 heteroatoms. The van der Waals surface area contributed by atoms with Crippen molar-refractivity contribution in [1.29, 1.82) is 0 Å². The summed E-state index contributed by atoms with van der Waals surface area (Å²) in [5.74, 6) is 0.221. The summed E-state index contributed by atoms with van der Waals surface area (Å²) >= 11 is 0. The lowest BCUT2D eigenvalue weighted by Gasteiger charge is -2.35. The molecule has 1 fully saturated rings.